The second-order valence-electron chi connectivity index (χ2n) is 7.78. The van der Waals surface area contributed by atoms with Crippen LogP contribution in [0.25, 0.3) is 0 Å². The molecule has 1 saturated heterocycles. The summed E-state index contributed by atoms with van der Waals surface area (Å²) < 4.78 is 3.12. The molecular weight excluding hydrogens is 354 g/mol. The van der Waals surface area contributed by atoms with Crippen LogP contribution in [0, 0.1) is 0 Å². The second kappa shape index (κ2) is 8.73. The molecule has 0 bridgehead atoms. The van der Waals surface area contributed by atoms with Gasteiger partial charge in [-0.1, -0.05) is 36.8 Å². The number of nitrogens with zero attached hydrogens (tertiary/aromatic N) is 5. The van der Waals surface area contributed by atoms with E-state index in [4.69, 9.17) is 0 Å². The fraction of sp³-hybridized carbons (Fsp3) is 0.571. The Labute approximate surface area is 165 Å². The van der Waals surface area contributed by atoms with Crippen LogP contribution in [0.4, 0.5) is 0 Å². The fourth-order valence-corrected chi connectivity index (χ4v) is 4.11. The van der Waals surface area contributed by atoms with Crippen molar-refractivity contribution in [2.75, 3.05) is 32.7 Å². The van der Waals surface area contributed by atoms with Gasteiger partial charge in [0.05, 0.1) is 0 Å². The quantitative estimate of drug-likeness (QED) is 0.777. The van der Waals surface area contributed by atoms with Crippen LogP contribution in [0.5, 0.6) is 0 Å². The minimum absolute atomic E-state index is 0.00179. The van der Waals surface area contributed by atoms with E-state index in [1.807, 2.05) is 11.0 Å². The molecule has 0 N–H and O–H groups in total. The zero-order valence-corrected chi connectivity index (χ0v) is 16.4. The summed E-state index contributed by atoms with van der Waals surface area (Å²) in [5.74, 6) is 0.833. The average molecular weight is 383 g/mol. The highest BCUT2D eigenvalue weighted by atomic mass is 16.2. The summed E-state index contributed by atoms with van der Waals surface area (Å²) in [5, 5.41) is 4.43. The first kappa shape index (κ1) is 18.9. The molecule has 28 heavy (non-hydrogen) atoms. The van der Waals surface area contributed by atoms with Crippen LogP contribution in [-0.2, 0) is 30.7 Å². The van der Waals surface area contributed by atoms with Gasteiger partial charge in [0.15, 0.2) is 0 Å². The third kappa shape index (κ3) is 4.35. The van der Waals surface area contributed by atoms with E-state index in [9.17, 15) is 9.59 Å². The van der Waals surface area contributed by atoms with Crippen LogP contribution in [0.15, 0.2) is 35.1 Å². The van der Waals surface area contributed by atoms with Crippen LogP contribution in [0.2, 0.25) is 0 Å². The van der Waals surface area contributed by atoms with E-state index >= 15 is 0 Å². The largest absolute Gasteiger partial charge is 0.346 e. The van der Waals surface area contributed by atoms with Gasteiger partial charge in [-0.2, -0.15) is 5.10 Å². The summed E-state index contributed by atoms with van der Waals surface area (Å²) in [6.07, 6.45) is 5.07. The molecule has 2 aliphatic heterocycles. The van der Waals surface area contributed by atoms with Crippen molar-refractivity contribution >= 4 is 5.91 Å². The van der Waals surface area contributed by atoms with E-state index in [1.54, 1.807) is 4.57 Å². The number of piperazine rings is 1. The topological polar surface area (TPSA) is 63.4 Å². The maximum atomic E-state index is 12.7. The molecule has 0 spiro atoms. The number of amides is 1. The second-order valence-corrected chi connectivity index (χ2v) is 7.78. The number of carbonyl (C=O) groups is 1. The van der Waals surface area contributed by atoms with Gasteiger partial charge in [0.1, 0.15) is 12.4 Å². The molecule has 1 aromatic carbocycles. The monoisotopic (exact) mass is 383 g/mol. The van der Waals surface area contributed by atoms with E-state index in [2.05, 4.69) is 34.3 Å². The first-order chi connectivity index (χ1) is 13.7. The Morgan fingerprint density at radius 2 is 1.75 bits per heavy atom. The Balaban J connectivity index is 1.28. The van der Waals surface area contributed by atoms with Gasteiger partial charge in [0.25, 0.3) is 0 Å². The Bertz CT molecular complexity index is 849. The standard InChI is InChI=1S/C21H29N5O2/c27-20(17-26-21(28)25-11-6-2-5-9-19(25)22-26)24-15-13-23(14-16-24)12-10-18-7-3-1-4-8-18/h1,3-4,7-8H,2,5-6,9-17H2. The Morgan fingerprint density at radius 3 is 2.54 bits per heavy atom. The molecule has 150 valence electrons. The van der Waals surface area contributed by atoms with Crippen LogP contribution in [-0.4, -0.2) is 62.8 Å². The van der Waals surface area contributed by atoms with Crippen molar-refractivity contribution in [1.29, 1.82) is 0 Å². The highest BCUT2D eigenvalue weighted by molar-refractivity contribution is 5.76. The van der Waals surface area contributed by atoms with Crippen LogP contribution in [0.3, 0.4) is 0 Å². The number of hydrogen-bond acceptors (Lipinski definition) is 4. The van der Waals surface area contributed by atoms with Crippen LogP contribution < -0.4 is 5.69 Å². The molecule has 2 aliphatic rings. The Morgan fingerprint density at radius 1 is 0.964 bits per heavy atom. The zero-order chi connectivity index (χ0) is 19.3. The lowest BCUT2D eigenvalue weighted by Crippen LogP contribution is -2.50. The normalized spacial score (nSPS) is 17.9. The molecule has 7 nitrogen and oxygen atoms in total. The molecule has 0 radical (unpaired) electrons. The molecule has 1 amide bonds. The first-order valence-corrected chi connectivity index (χ1v) is 10.4. The van der Waals surface area contributed by atoms with Crippen molar-refractivity contribution in [3.05, 3.63) is 52.2 Å². The lowest BCUT2D eigenvalue weighted by Gasteiger charge is -2.34. The summed E-state index contributed by atoms with van der Waals surface area (Å²) in [5.41, 5.74) is 1.21. The van der Waals surface area contributed by atoms with E-state index in [0.717, 1.165) is 77.2 Å². The molecule has 3 heterocycles. The molecule has 4 rings (SSSR count). The number of fused-ring (bicyclic) bond motifs is 1. The third-order valence-electron chi connectivity index (χ3n) is 5.85. The number of aryl methyl sites for hydroxylation is 1. The summed E-state index contributed by atoms with van der Waals surface area (Å²) in [4.78, 5) is 29.5. The smallest absolute Gasteiger partial charge is 0.339 e. The lowest BCUT2D eigenvalue weighted by molar-refractivity contribution is -0.133. The van der Waals surface area contributed by atoms with Gasteiger partial charge < -0.3 is 4.90 Å². The van der Waals surface area contributed by atoms with Gasteiger partial charge in [0, 0.05) is 45.7 Å². The van der Waals surface area contributed by atoms with E-state index in [-0.39, 0.29) is 18.1 Å². The number of benzene rings is 1. The number of aromatic nitrogens is 3. The van der Waals surface area contributed by atoms with E-state index in [1.165, 1.54) is 10.2 Å². The van der Waals surface area contributed by atoms with Gasteiger partial charge in [-0.15, -0.1) is 0 Å². The van der Waals surface area contributed by atoms with Gasteiger partial charge in [-0.3, -0.25) is 14.3 Å². The predicted octanol–water partition coefficient (Wildman–Crippen LogP) is 1.16. The molecule has 2 aromatic rings. The minimum Gasteiger partial charge on any atom is -0.339 e. The minimum atomic E-state index is -0.133. The lowest BCUT2D eigenvalue weighted by atomic mass is 10.1. The van der Waals surface area contributed by atoms with Crippen molar-refractivity contribution in [1.82, 2.24) is 24.1 Å². The Kier molecular flexibility index (Phi) is 5.90. The van der Waals surface area contributed by atoms with E-state index in [0.29, 0.717) is 0 Å². The summed E-state index contributed by atoms with van der Waals surface area (Å²) in [7, 11) is 0. The number of hydrogen-bond donors (Lipinski definition) is 0. The SMILES string of the molecule is O=C(Cn1nc2n(c1=O)CCCCC2)N1CCN(CCc2ccccc2)CC1. The van der Waals surface area contributed by atoms with Gasteiger partial charge in [-0.25, -0.2) is 9.48 Å². The maximum Gasteiger partial charge on any atom is 0.346 e. The summed E-state index contributed by atoms with van der Waals surface area (Å²) >= 11 is 0. The Hall–Kier alpha value is -2.41. The van der Waals surface area contributed by atoms with Crippen molar-refractivity contribution in [2.24, 2.45) is 0 Å². The number of carbonyl (C=O) groups excluding carboxylic acids is 1. The average Bonchev–Trinajstić information content (AvgIpc) is 2.89. The summed E-state index contributed by atoms with van der Waals surface area (Å²) in [6.45, 7) is 5.00. The highest BCUT2D eigenvalue weighted by Gasteiger charge is 2.23. The zero-order valence-electron chi connectivity index (χ0n) is 16.4. The van der Waals surface area contributed by atoms with Crippen molar-refractivity contribution in [2.45, 2.75) is 45.2 Å². The predicted molar refractivity (Wildman–Crippen MR) is 107 cm³/mol. The van der Waals surface area contributed by atoms with Crippen molar-refractivity contribution in [3.63, 3.8) is 0 Å². The van der Waals surface area contributed by atoms with E-state index < -0.39 is 0 Å². The molecule has 0 saturated carbocycles. The molecule has 0 aliphatic carbocycles. The first-order valence-electron chi connectivity index (χ1n) is 10.4. The number of rotatable bonds is 5. The van der Waals surface area contributed by atoms with Crippen molar-refractivity contribution in [3.8, 4) is 0 Å². The molecule has 7 heteroatoms. The van der Waals surface area contributed by atoms with Gasteiger partial charge in [-0.05, 0) is 24.8 Å². The third-order valence-corrected chi connectivity index (χ3v) is 5.85. The molecule has 0 unspecified atom stereocenters. The molecule has 0 atom stereocenters. The molecule has 1 aromatic heterocycles. The maximum absolute atomic E-state index is 12.7. The van der Waals surface area contributed by atoms with Gasteiger partial charge >= 0.3 is 5.69 Å². The van der Waals surface area contributed by atoms with Gasteiger partial charge in [0.2, 0.25) is 5.91 Å². The van der Waals surface area contributed by atoms with Crippen LogP contribution >= 0.6 is 0 Å². The molecule has 1 fully saturated rings. The molecular formula is C21H29N5O2. The summed E-state index contributed by atoms with van der Waals surface area (Å²) in [6, 6.07) is 10.5. The fourth-order valence-electron chi connectivity index (χ4n) is 4.11. The van der Waals surface area contributed by atoms with Crippen molar-refractivity contribution < 1.29 is 4.79 Å². The highest BCUT2D eigenvalue weighted by Crippen LogP contribution is 2.11. The van der Waals surface area contributed by atoms with Crippen LogP contribution in [0.1, 0.15) is 30.7 Å².